The molecule has 1 aliphatic carbocycles. The highest BCUT2D eigenvalue weighted by molar-refractivity contribution is 7.99. The summed E-state index contributed by atoms with van der Waals surface area (Å²) in [5, 5.41) is 1.55. The molecular formula is C25H28N2O4S2. The van der Waals surface area contributed by atoms with E-state index in [0.717, 1.165) is 54.1 Å². The normalized spacial score (nSPS) is 17.9. The van der Waals surface area contributed by atoms with E-state index in [2.05, 4.69) is 0 Å². The van der Waals surface area contributed by atoms with Crippen LogP contribution in [-0.4, -0.2) is 40.4 Å². The van der Waals surface area contributed by atoms with Gasteiger partial charge in [-0.1, -0.05) is 23.9 Å². The van der Waals surface area contributed by atoms with Crippen LogP contribution in [0.1, 0.15) is 53.4 Å². The molecule has 0 radical (unpaired) electrons. The molecule has 0 amide bonds. The maximum Gasteiger partial charge on any atom is 0.263 e. The van der Waals surface area contributed by atoms with Crippen molar-refractivity contribution in [1.82, 2.24) is 9.55 Å². The van der Waals surface area contributed by atoms with Gasteiger partial charge < -0.3 is 9.47 Å². The number of ether oxygens (including phenoxy) is 2. The van der Waals surface area contributed by atoms with E-state index >= 15 is 0 Å². The number of para-hydroxylation sites is 1. The van der Waals surface area contributed by atoms with Crippen LogP contribution in [0.2, 0.25) is 0 Å². The predicted molar refractivity (Wildman–Crippen MR) is 132 cm³/mol. The molecule has 1 aliphatic heterocycles. The molecule has 5 rings (SSSR count). The Labute approximate surface area is 201 Å². The lowest BCUT2D eigenvalue weighted by atomic mass is 9.97. The van der Waals surface area contributed by atoms with Crippen LogP contribution in [-0.2, 0) is 24.1 Å². The summed E-state index contributed by atoms with van der Waals surface area (Å²) in [6, 6.07) is 7.29. The van der Waals surface area contributed by atoms with Crippen LogP contribution in [0.3, 0.4) is 0 Å². The van der Waals surface area contributed by atoms with E-state index in [1.165, 1.54) is 28.6 Å². The molecule has 1 atom stereocenters. The summed E-state index contributed by atoms with van der Waals surface area (Å²) >= 11 is 3.21. The van der Waals surface area contributed by atoms with E-state index in [-0.39, 0.29) is 17.4 Å². The van der Waals surface area contributed by atoms with Crippen LogP contribution < -0.4 is 10.3 Å². The van der Waals surface area contributed by atoms with Gasteiger partial charge in [-0.15, -0.1) is 11.3 Å². The van der Waals surface area contributed by atoms with Gasteiger partial charge in [0.1, 0.15) is 10.6 Å². The number of ketones is 1. The van der Waals surface area contributed by atoms with Crippen molar-refractivity contribution in [2.45, 2.75) is 63.3 Å². The van der Waals surface area contributed by atoms with Crippen LogP contribution in [0, 0.1) is 0 Å². The lowest BCUT2D eigenvalue weighted by molar-refractivity contribution is 0.0937. The Morgan fingerprint density at radius 2 is 2.12 bits per heavy atom. The number of aryl methyl sites for hydroxylation is 2. The van der Waals surface area contributed by atoms with Crippen LogP contribution in [0.5, 0.6) is 5.75 Å². The Morgan fingerprint density at radius 3 is 2.94 bits per heavy atom. The van der Waals surface area contributed by atoms with Gasteiger partial charge in [0.05, 0.1) is 30.2 Å². The Bertz CT molecular complexity index is 1230. The molecule has 3 heterocycles. The largest absolute Gasteiger partial charge is 0.492 e. The third kappa shape index (κ3) is 4.74. The molecule has 1 aromatic carbocycles. The molecule has 1 saturated heterocycles. The van der Waals surface area contributed by atoms with Gasteiger partial charge in [-0.2, -0.15) is 0 Å². The van der Waals surface area contributed by atoms with Crippen molar-refractivity contribution >= 4 is 39.1 Å². The van der Waals surface area contributed by atoms with E-state index in [1.54, 1.807) is 24.3 Å². The number of hydrogen-bond donors (Lipinski definition) is 0. The zero-order valence-electron chi connectivity index (χ0n) is 18.8. The first-order chi connectivity index (χ1) is 16.1. The minimum atomic E-state index is -0.0163. The molecule has 2 aliphatic rings. The highest BCUT2D eigenvalue weighted by Gasteiger charge is 2.24. The van der Waals surface area contributed by atoms with Gasteiger partial charge in [-0.25, -0.2) is 4.98 Å². The summed E-state index contributed by atoms with van der Waals surface area (Å²) in [5.74, 6) is 1.20. The third-order valence-corrected chi connectivity index (χ3v) is 8.41. The van der Waals surface area contributed by atoms with Crippen molar-refractivity contribution in [1.29, 1.82) is 0 Å². The van der Waals surface area contributed by atoms with Gasteiger partial charge in [0.15, 0.2) is 10.9 Å². The van der Waals surface area contributed by atoms with Gasteiger partial charge in [-0.3, -0.25) is 14.2 Å². The molecular weight excluding hydrogens is 456 g/mol. The molecule has 174 valence electrons. The lowest BCUT2D eigenvalue weighted by Gasteiger charge is -2.16. The van der Waals surface area contributed by atoms with Gasteiger partial charge in [0, 0.05) is 17.2 Å². The minimum absolute atomic E-state index is 0.0163. The fraction of sp³-hybridized carbons (Fsp3) is 0.480. The smallest absolute Gasteiger partial charge is 0.263 e. The summed E-state index contributed by atoms with van der Waals surface area (Å²) in [5.41, 5.74) is 1.88. The average Bonchev–Trinajstić information content (AvgIpc) is 3.46. The molecule has 0 N–H and O–H groups in total. The first-order valence-corrected chi connectivity index (χ1v) is 13.4. The number of hydrogen-bond acceptors (Lipinski definition) is 7. The monoisotopic (exact) mass is 484 g/mol. The molecule has 0 spiro atoms. The van der Waals surface area contributed by atoms with E-state index < -0.39 is 0 Å². The summed E-state index contributed by atoms with van der Waals surface area (Å²) < 4.78 is 13.6. The maximum atomic E-state index is 13.6. The summed E-state index contributed by atoms with van der Waals surface area (Å²) in [6.45, 7) is 3.27. The van der Waals surface area contributed by atoms with E-state index in [1.807, 2.05) is 22.8 Å². The van der Waals surface area contributed by atoms with E-state index in [9.17, 15) is 9.59 Å². The quantitative estimate of drug-likeness (QED) is 0.196. The Kier molecular flexibility index (Phi) is 6.85. The molecule has 33 heavy (non-hydrogen) atoms. The average molecular weight is 485 g/mol. The molecule has 1 unspecified atom stereocenters. The second-order valence-electron chi connectivity index (χ2n) is 8.59. The standard InChI is InChI=1S/C25H28N2O4S2/c1-16(28)18-8-2-4-10-20(18)31-13-14-32-25-26-23-22(19-9-3-5-11-21(19)33-23)24(29)27(25)15-17-7-6-12-30-17/h2,4,8,10,17H,3,5-7,9,11-15H2,1H3. The van der Waals surface area contributed by atoms with Crippen molar-refractivity contribution in [2.24, 2.45) is 0 Å². The number of rotatable bonds is 8. The second kappa shape index (κ2) is 9.99. The number of fused-ring (bicyclic) bond motifs is 3. The first-order valence-electron chi connectivity index (χ1n) is 11.6. The molecule has 0 saturated carbocycles. The fourth-order valence-electron chi connectivity index (χ4n) is 4.65. The third-order valence-electron chi connectivity index (χ3n) is 6.29. The molecule has 6 nitrogen and oxygen atoms in total. The number of Topliss-reactive ketones (excluding diaryl/α,β-unsaturated/α-hetero) is 1. The maximum absolute atomic E-state index is 13.6. The van der Waals surface area contributed by atoms with Gasteiger partial charge in [-0.05, 0) is 63.1 Å². The van der Waals surface area contributed by atoms with Gasteiger partial charge in [0.25, 0.3) is 5.56 Å². The molecule has 0 bridgehead atoms. The lowest BCUT2D eigenvalue weighted by Crippen LogP contribution is -2.29. The molecule has 3 aromatic rings. The van der Waals surface area contributed by atoms with Crippen LogP contribution >= 0.6 is 23.1 Å². The van der Waals surface area contributed by atoms with E-state index in [0.29, 0.717) is 30.2 Å². The predicted octanol–water partition coefficient (Wildman–Crippen LogP) is 4.89. The number of thioether (sulfide) groups is 1. The van der Waals surface area contributed by atoms with Crippen LogP contribution in [0.15, 0.2) is 34.2 Å². The molecule has 2 aromatic heterocycles. The summed E-state index contributed by atoms with van der Waals surface area (Å²) in [7, 11) is 0. The van der Waals surface area contributed by atoms with Crippen molar-refractivity contribution in [3.8, 4) is 5.75 Å². The van der Waals surface area contributed by atoms with Gasteiger partial charge >= 0.3 is 0 Å². The highest BCUT2D eigenvalue weighted by Crippen LogP contribution is 2.35. The summed E-state index contributed by atoms with van der Waals surface area (Å²) in [4.78, 5) is 32.6. The topological polar surface area (TPSA) is 70.4 Å². The zero-order valence-corrected chi connectivity index (χ0v) is 20.4. The zero-order chi connectivity index (χ0) is 22.8. The Hall–Kier alpha value is -2.16. The van der Waals surface area contributed by atoms with E-state index in [4.69, 9.17) is 14.5 Å². The van der Waals surface area contributed by atoms with Crippen molar-refractivity contribution in [3.63, 3.8) is 0 Å². The number of aromatic nitrogens is 2. The number of nitrogens with zero attached hydrogens (tertiary/aromatic N) is 2. The molecule has 8 heteroatoms. The molecule has 1 fully saturated rings. The van der Waals surface area contributed by atoms with Crippen molar-refractivity contribution in [3.05, 3.63) is 50.6 Å². The SMILES string of the molecule is CC(=O)c1ccccc1OCCSc1nc2sc3c(c2c(=O)n1CC1CCCO1)CCCC3. The van der Waals surface area contributed by atoms with Gasteiger partial charge in [0.2, 0.25) is 0 Å². The Morgan fingerprint density at radius 1 is 1.27 bits per heavy atom. The minimum Gasteiger partial charge on any atom is -0.492 e. The second-order valence-corrected chi connectivity index (χ2v) is 10.7. The van der Waals surface area contributed by atoms with Crippen LogP contribution in [0.25, 0.3) is 10.2 Å². The van der Waals surface area contributed by atoms with Crippen molar-refractivity contribution in [2.75, 3.05) is 19.0 Å². The number of thiophene rings is 1. The number of benzene rings is 1. The number of carbonyl (C=O) groups excluding carboxylic acids is 1. The fourth-order valence-corrected chi connectivity index (χ4v) is 6.78. The first kappa shape index (κ1) is 22.6. The van der Waals surface area contributed by atoms with Crippen molar-refractivity contribution < 1.29 is 14.3 Å². The van der Waals surface area contributed by atoms with Crippen LogP contribution in [0.4, 0.5) is 0 Å². The summed E-state index contributed by atoms with van der Waals surface area (Å²) in [6.07, 6.45) is 6.42. The Balaban J connectivity index is 1.39. The highest BCUT2D eigenvalue weighted by atomic mass is 32.2. The number of carbonyl (C=O) groups is 1.